The van der Waals surface area contributed by atoms with Crippen LogP contribution in [0.3, 0.4) is 0 Å². The van der Waals surface area contributed by atoms with Crippen LogP contribution in [0.5, 0.6) is 0 Å². The summed E-state index contributed by atoms with van der Waals surface area (Å²) in [6, 6.07) is 4.01. The van der Waals surface area contributed by atoms with E-state index in [1.54, 1.807) is 6.20 Å². The molecule has 74 valence electrons. The zero-order valence-corrected chi connectivity index (χ0v) is 9.07. The fourth-order valence-corrected chi connectivity index (χ4v) is 1.63. The highest BCUT2D eigenvalue weighted by Crippen LogP contribution is 2.25. The summed E-state index contributed by atoms with van der Waals surface area (Å²) in [5, 5.41) is 4.27. The van der Waals surface area contributed by atoms with Crippen molar-refractivity contribution in [2.75, 3.05) is 0 Å². The lowest BCUT2D eigenvalue weighted by Crippen LogP contribution is -2.12. The highest BCUT2D eigenvalue weighted by molar-refractivity contribution is 5.54. The zero-order chi connectivity index (χ0) is 10.3. The Balaban J connectivity index is 2.80. The van der Waals surface area contributed by atoms with Gasteiger partial charge in [-0.1, -0.05) is 20.8 Å². The standard InChI is InChI=1S/C11H15N3/c1-8-13-10(11(2,3)4)9-6-5-7-12-14(8)9/h5-7H,1-4H3. The molecule has 3 nitrogen and oxygen atoms in total. The van der Waals surface area contributed by atoms with E-state index in [0.29, 0.717) is 0 Å². The summed E-state index contributed by atoms with van der Waals surface area (Å²) in [6.45, 7) is 8.49. The summed E-state index contributed by atoms with van der Waals surface area (Å²) in [6.07, 6.45) is 1.79. The molecular formula is C11H15N3. The minimum Gasteiger partial charge on any atom is -0.235 e. The van der Waals surface area contributed by atoms with Crippen LogP contribution in [-0.2, 0) is 5.41 Å². The third-order valence-electron chi connectivity index (χ3n) is 2.28. The molecule has 3 heteroatoms. The average Bonchev–Trinajstić information content (AvgIpc) is 2.44. The van der Waals surface area contributed by atoms with Crippen molar-refractivity contribution in [3.05, 3.63) is 29.8 Å². The molecule has 0 aliphatic heterocycles. The number of hydrogen-bond donors (Lipinski definition) is 0. The molecule has 0 aliphatic rings. The van der Waals surface area contributed by atoms with E-state index in [-0.39, 0.29) is 5.41 Å². The number of hydrogen-bond acceptors (Lipinski definition) is 2. The van der Waals surface area contributed by atoms with Crippen molar-refractivity contribution in [3.63, 3.8) is 0 Å². The second-order valence-electron chi connectivity index (χ2n) is 4.58. The fourth-order valence-electron chi connectivity index (χ4n) is 1.63. The number of rotatable bonds is 0. The molecule has 0 aliphatic carbocycles. The van der Waals surface area contributed by atoms with Gasteiger partial charge in [-0.3, -0.25) is 0 Å². The molecule has 2 aromatic rings. The minimum atomic E-state index is 0.0720. The highest BCUT2D eigenvalue weighted by atomic mass is 15.3. The lowest BCUT2D eigenvalue weighted by Gasteiger charge is -2.15. The third-order valence-corrected chi connectivity index (χ3v) is 2.28. The van der Waals surface area contributed by atoms with E-state index in [1.165, 1.54) is 0 Å². The van der Waals surface area contributed by atoms with Gasteiger partial charge < -0.3 is 0 Å². The summed E-state index contributed by atoms with van der Waals surface area (Å²) in [5.41, 5.74) is 2.29. The topological polar surface area (TPSA) is 30.2 Å². The van der Waals surface area contributed by atoms with Crippen LogP contribution in [0.2, 0.25) is 0 Å². The lowest BCUT2D eigenvalue weighted by molar-refractivity contribution is 0.576. The summed E-state index contributed by atoms with van der Waals surface area (Å²) >= 11 is 0. The van der Waals surface area contributed by atoms with Crippen molar-refractivity contribution in [1.82, 2.24) is 14.6 Å². The maximum atomic E-state index is 4.56. The monoisotopic (exact) mass is 189 g/mol. The molecule has 0 saturated carbocycles. The van der Waals surface area contributed by atoms with Gasteiger partial charge in [0, 0.05) is 11.6 Å². The molecule has 2 aromatic heterocycles. The second-order valence-corrected chi connectivity index (χ2v) is 4.58. The van der Waals surface area contributed by atoms with Gasteiger partial charge in [0.15, 0.2) is 0 Å². The zero-order valence-electron chi connectivity index (χ0n) is 9.07. The Bertz CT molecular complexity index is 463. The fraction of sp³-hybridized carbons (Fsp3) is 0.455. The quantitative estimate of drug-likeness (QED) is 0.636. The van der Waals surface area contributed by atoms with Gasteiger partial charge in [-0.05, 0) is 19.1 Å². The summed E-state index contributed by atoms with van der Waals surface area (Å²) in [5.74, 6) is 0.950. The average molecular weight is 189 g/mol. The van der Waals surface area contributed by atoms with Crippen LogP contribution in [-0.4, -0.2) is 14.6 Å². The van der Waals surface area contributed by atoms with Gasteiger partial charge in [0.05, 0.1) is 11.2 Å². The molecule has 0 saturated heterocycles. The van der Waals surface area contributed by atoms with Gasteiger partial charge in [-0.15, -0.1) is 0 Å². The Morgan fingerprint density at radius 1 is 1.29 bits per heavy atom. The van der Waals surface area contributed by atoms with E-state index in [1.807, 2.05) is 17.5 Å². The molecule has 0 bridgehead atoms. The van der Waals surface area contributed by atoms with Crippen LogP contribution < -0.4 is 0 Å². The summed E-state index contributed by atoms with van der Waals surface area (Å²) in [7, 11) is 0. The normalized spacial score (nSPS) is 12.3. The molecular weight excluding hydrogens is 174 g/mol. The molecule has 0 N–H and O–H groups in total. The Kier molecular flexibility index (Phi) is 1.84. The Morgan fingerprint density at radius 3 is 2.64 bits per heavy atom. The maximum Gasteiger partial charge on any atom is 0.127 e. The SMILES string of the molecule is Cc1nc(C(C)(C)C)c2cccnn12. The van der Waals surface area contributed by atoms with Gasteiger partial charge in [-0.2, -0.15) is 5.10 Å². The number of aryl methyl sites for hydroxylation is 1. The lowest BCUT2D eigenvalue weighted by atomic mass is 9.91. The number of imidazole rings is 1. The molecule has 2 heterocycles. The van der Waals surface area contributed by atoms with Gasteiger partial charge in [-0.25, -0.2) is 9.50 Å². The number of nitrogens with zero attached hydrogens (tertiary/aromatic N) is 3. The largest absolute Gasteiger partial charge is 0.235 e. The van der Waals surface area contributed by atoms with Crippen molar-refractivity contribution in [3.8, 4) is 0 Å². The molecule has 0 amide bonds. The first-order chi connectivity index (χ1) is 6.50. The van der Waals surface area contributed by atoms with Crippen LogP contribution in [0.15, 0.2) is 18.3 Å². The number of fused-ring (bicyclic) bond motifs is 1. The van der Waals surface area contributed by atoms with Crippen molar-refractivity contribution in [2.24, 2.45) is 0 Å². The van der Waals surface area contributed by atoms with E-state index in [2.05, 4.69) is 36.9 Å². The van der Waals surface area contributed by atoms with Crippen LogP contribution in [0.4, 0.5) is 0 Å². The van der Waals surface area contributed by atoms with Crippen molar-refractivity contribution < 1.29 is 0 Å². The van der Waals surface area contributed by atoms with E-state index < -0.39 is 0 Å². The number of aromatic nitrogens is 3. The predicted molar refractivity (Wildman–Crippen MR) is 56.4 cm³/mol. The van der Waals surface area contributed by atoms with Crippen LogP contribution in [0, 0.1) is 6.92 Å². The van der Waals surface area contributed by atoms with E-state index in [0.717, 1.165) is 17.0 Å². The van der Waals surface area contributed by atoms with Crippen molar-refractivity contribution in [2.45, 2.75) is 33.1 Å². The van der Waals surface area contributed by atoms with Crippen LogP contribution in [0.1, 0.15) is 32.3 Å². The molecule has 0 spiro atoms. The Labute approximate surface area is 83.8 Å². The van der Waals surface area contributed by atoms with Crippen molar-refractivity contribution >= 4 is 5.52 Å². The maximum absolute atomic E-state index is 4.56. The second kappa shape index (κ2) is 2.80. The third kappa shape index (κ3) is 1.29. The molecule has 0 fully saturated rings. The molecule has 14 heavy (non-hydrogen) atoms. The van der Waals surface area contributed by atoms with Crippen LogP contribution in [0.25, 0.3) is 5.52 Å². The Morgan fingerprint density at radius 2 is 2.00 bits per heavy atom. The molecule has 0 atom stereocenters. The molecule has 0 unspecified atom stereocenters. The van der Waals surface area contributed by atoms with Crippen molar-refractivity contribution in [1.29, 1.82) is 0 Å². The van der Waals surface area contributed by atoms with Crippen LogP contribution >= 0.6 is 0 Å². The molecule has 0 radical (unpaired) electrons. The van der Waals surface area contributed by atoms with E-state index >= 15 is 0 Å². The van der Waals surface area contributed by atoms with Gasteiger partial charge >= 0.3 is 0 Å². The van der Waals surface area contributed by atoms with Gasteiger partial charge in [0.1, 0.15) is 5.82 Å². The summed E-state index contributed by atoms with van der Waals surface area (Å²) in [4.78, 5) is 4.56. The predicted octanol–water partition coefficient (Wildman–Crippen LogP) is 2.34. The van der Waals surface area contributed by atoms with Gasteiger partial charge in [0.2, 0.25) is 0 Å². The smallest absolute Gasteiger partial charge is 0.127 e. The Hall–Kier alpha value is -1.38. The minimum absolute atomic E-state index is 0.0720. The molecule has 2 rings (SSSR count). The first-order valence-electron chi connectivity index (χ1n) is 4.81. The highest BCUT2D eigenvalue weighted by Gasteiger charge is 2.21. The first kappa shape index (κ1) is 9.19. The summed E-state index contributed by atoms with van der Waals surface area (Å²) < 4.78 is 1.89. The molecule has 0 aromatic carbocycles. The van der Waals surface area contributed by atoms with E-state index in [4.69, 9.17) is 0 Å². The van der Waals surface area contributed by atoms with E-state index in [9.17, 15) is 0 Å². The first-order valence-corrected chi connectivity index (χ1v) is 4.81. The van der Waals surface area contributed by atoms with Gasteiger partial charge in [0.25, 0.3) is 0 Å².